The summed E-state index contributed by atoms with van der Waals surface area (Å²) in [6.07, 6.45) is 5.08. The predicted molar refractivity (Wildman–Crippen MR) is 239 cm³/mol. The maximum atomic E-state index is 8.38. The van der Waals surface area contributed by atoms with E-state index in [0.717, 1.165) is 76.7 Å². The number of pyridine rings is 1. The van der Waals surface area contributed by atoms with E-state index in [-0.39, 0.29) is 26.5 Å². The van der Waals surface area contributed by atoms with Crippen molar-refractivity contribution in [3.05, 3.63) is 188 Å². The summed E-state index contributed by atoms with van der Waals surface area (Å²) in [4.78, 5) is 4.96. The van der Waals surface area contributed by atoms with Crippen molar-refractivity contribution in [2.75, 3.05) is 0 Å². The Kier molecular flexibility index (Phi) is 7.97. The normalized spacial score (nSPS) is 12.9. The molecule has 0 amide bonds. The fraction of sp³-hybridized carbons (Fsp3) is 0.0943. The maximum absolute atomic E-state index is 8.38. The Morgan fingerprint density at radius 2 is 1.02 bits per heavy atom. The van der Waals surface area contributed by atoms with Crippen LogP contribution in [0.1, 0.15) is 30.4 Å². The second kappa shape index (κ2) is 14.1. The van der Waals surface area contributed by atoms with Crippen LogP contribution in [0.3, 0.4) is 0 Å². The number of nitrogens with zero attached hydrogens (tertiary/aromatic N) is 5. The van der Waals surface area contributed by atoms with Crippen molar-refractivity contribution in [3.8, 4) is 17.2 Å². The molecule has 0 aliphatic heterocycles. The first-order valence-electron chi connectivity index (χ1n) is 21.1. The molecular weight excluding hydrogens is 902 g/mol. The van der Waals surface area contributed by atoms with E-state index in [9.17, 15) is 0 Å². The summed E-state index contributed by atoms with van der Waals surface area (Å²) in [5, 5.41) is 8.55. The molecule has 0 saturated heterocycles. The van der Waals surface area contributed by atoms with Crippen LogP contribution in [0.25, 0.3) is 93.4 Å². The van der Waals surface area contributed by atoms with Gasteiger partial charge in [-0.2, -0.15) is 24.3 Å². The summed E-state index contributed by atoms with van der Waals surface area (Å²) in [6.45, 7) is 4.23. The van der Waals surface area contributed by atoms with Crippen molar-refractivity contribution in [1.29, 1.82) is 0 Å². The van der Waals surface area contributed by atoms with Gasteiger partial charge < -0.3 is 18.3 Å². The first-order valence-corrected chi connectivity index (χ1v) is 19.6. The zero-order valence-electron chi connectivity index (χ0n) is 35.6. The number of aromatic nitrogens is 5. The zero-order chi connectivity index (χ0) is 41.6. The quantitative estimate of drug-likeness (QED) is 0.128. The van der Waals surface area contributed by atoms with Gasteiger partial charge >= 0.3 is 0 Å². The number of hydrogen-bond acceptors (Lipinski definition) is 1. The predicted octanol–water partition coefficient (Wildman–Crippen LogP) is 12.2. The van der Waals surface area contributed by atoms with Crippen LogP contribution in [-0.4, -0.2) is 18.7 Å². The van der Waals surface area contributed by atoms with Crippen LogP contribution in [0.5, 0.6) is 0 Å². The summed E-state index contributed by atoms with van der Waals surface area (Å²) in [5.41, 5.74) is 7.50. The Labute approximate surface area is 361 Å². The molecule has 5 nitrogen and oxygen atoms in total. The number of rotatable bonds is 3. The van der Waals surface area contributed by atoms with Gasteiger partial charge in [0, 0.05) is 43.7 Å². The maximum Gasteiger partial charge on any atom is 0.242 e. The molecule has 0 aliphatic rings. The third-order valence-corrected chi connectivity index (χ3v) is 11.5. The number of benzene rings is 7. The minimum atomic E-state index is -2.44. The van der Waals surface area contributed by atoms with Gasteiger partial charge in [-0.1, -0.05) is 158 Å². The van der Waals surface area contributed by atoms with E-state index in [4.69, 9.17) is 9.10 Å². The van der Waals surface area contributed by atoms with E-state index < -0.39 is 6.98 Å². The van der Waals surface area contributed by atoms with Crippen molar-refractivity contribution in [1.82, 2.24) is 18.7 Å². The molecule has 0 aliphatic carbocycles. The van der Waals surface area contributed by atoms with Crippen molar-refractivity contribution < 1.29 is 29.7 Å². The molecule has 0 unspecified atom stereocenters. The van der Waals surface area contributed by atoms with Crippen LogP contribution in [0.15, 0.2) is 164 Å². The fourth-order valence-electron chi connectivity index (χ4n) is 8.66. The van der Waals surface area contributed by atoms with E-state index in [1.54, 1.807) is 4.57 Å². The molecule has 7 aromatic carbocycles. The minimum absolute atomic E-state index is 0. The molecule has 0 N–H and O–H groups in total. The second-order valence-electron chi connectivity index (χ2n) is 15.9. The van der Waals surface area contributed by atoms with Crippen LogP contribution >= 0.6 is 0 Å². The van der Waals surface area contributed by atoms with Gasteiger partial charge in [0.2, 0.25) is 6.33 Å². The number of para-hydroxylation sites is 4. The van der Waals surface area contributed by atoms with E-state index >= 15 is 0 Å². The fourth-order valence-corrected chi connectivity index (χ4v) is 8.66. The molecule has 288 valence electrons. The van der Waals surface area contributed by atoms with Gasteiger partial charge in [-0.15, -0.1) is 22.9 Å². The molecule has 4 aromatic heterocycles. The smallest absolute Gasteiger partial charge is 0.242 e. The summed E-state index contributed by atoms with van der Waals surface area (Å²) in [7, 11) is 0. The van der Waals surface area contributed by atoms with Crippen molar-refractivity contribution >= 4 is 76.2 Å². The van der Waals surface area contributed by atoms with E-state index in [1.807, 2.05) is 36.5 Å². The SMILES string of the molecule is [2H]C([2H])([2H])[n+]1[c-]n(-c2[c-]c3c(cc2)c2ccccc2c2ccccc2c2ccccc2n3-c2[c-]c3c(cc2)c2ccccc2n3-c2cc(C(C)(C)C)ccn2)c2ccccc21.[Pt]. The van der Waals surface area contributed by atoms with Crippen molar-refractivity contribution in [2.24, 2.45) is 6.98 Å². The van der Waals surface area contributed by atoms with Crippen LogP contribution in [0.2, 0.25) is 0 Å². The van der Waals surface area contributed by atoms with Crippen LogP contribution in [0.4, 0.5) is 0 Å². The number of imidazole rings is 1. The van der Waals surface area contributed by atoms with Crippen LogP contribution < -0.4 is 4.57 Å². The molecule has 0 spiro atoms. The van der Waals surface area contributed by atoms with Crippen LogP contribution in [0, 0.1) is 18.5 Å². The van der Waals surface area contributed by atoms with Gasteiger partial charge in [0.15, 0.2) is 0 Å². The molecule has 6 heteroatoms. The molecule has 4 heterocycles. The number of fused-ring (bicyclic) bond motifs is 11. The number of aryl methyl sites for hydroxylation is 1. The average Bonchev–Trinajstić information content (AvgIpc) is 3.84. The van der Waals surface area contributed by atoms with Gasteiger partial charge in [0.25, 0.3) is 0 Å². The van der Waals surface area contributed by atoms with Crippen molar-refractivity contribution in [2.45, 2.75) is 26.2 Å². The first kappa shape index (κ1) is 33.4. The second-order valence-corrected chi connectivity index (χ2v) is 15.9. The summed E-state index contributed by atoms with van der Waals surface area (Å²) >= 11 is 0. The van der Waals surface area contributed by atoms with Gasteiger partial charge in [0.1, 0.15) is 5.82 Å². The Morgan fingerprint density at radius 1 is 0.525 bits per heavy atom. The van der Waals surface area contributed by atoms with E-state index in [0.29, 0.717) is 16.7 Å². The molecule has 11 aromatic rings. The summed E-state index contributed by atoms with van der Waals surface area (Å²) in [6, 6.07) is 62.2. The molecular formula is C53H39N5Pt-2. The third-order valence-electron chi connectivity index (χ3n) is 11.5. The monoisotopic (exact) mass is 943 g/mol. The summed E-state index contributed by atoms with van der Waals surface area (Å²) in [5.74, 6) is 0.826. The van der Waals surface area contributed by atoms with Gasteiger partial charge in [0.05, 0.1) is 22.1 Å². The van der Waals surface area contributed by atoms with Gasteiger partial charge in [-0.05, 0) is 56.8 Å². The largest absolute Gasteiger partial charge is 0.358 e. The van der Waals surface area contributed by atoms with Gasteiger partial charge in [-0.3, -0.25) is 0 Å². The van der Waals surface area contributed by atoms with Gasteiger partial charge in [-0.25, -0.2) is 4.98 Å². The average molecular weight is 944 g/mol. The number of hydrogen-bond donors (Lipinski definition) is 0. The Hall–Kier alpha value is -6.55. The van der Waals surface area contributed by atoms with Crippen LogP contribution in [-0.2, 0) is 33.5 Å². The minimum Gasteiger partial charge on any atom is -0.358 e. The van der Waals surface area contributed by atoms with E-state index in [2.05, 4.69) is 176 Å². The summed E-state index contributed by atoms with van der Waals surface area (Å²) < 4.78 is 32.7. The topological polar surface area (TPSA) is 31.6 Å². The molecule has 0 bridgehead atoms. The van der Waals surface area contributed by atoms with Crippen molar-refractivity contribution in [3.63, 3.8) is 0 Å². The van der Waals surface area contributed by atoms with E-state index in [1.165, 1.54) is 10.1 Å². The molecule has 0 fully saturated rings. The molecule has 0 saturated carbocycles. The standard InChI is InChI=1S/C53H39N5.Pt/c1-53(2,3)35-29-30-54-52(31-35)58-47-22-12-10-20-43(47)45-28-26-37(33-51(45)58)57-46-21-11-9-19-42(46)40-17-7-5-15-38(40)39-16-6-8-18-41(39)44-27-25-36(32-50(44)57)56-34-55(4)48-23-13-14-24-49(48)56;/h5-31H,1-4H3;/q-2;/i4D3;. The first-order chi connectivity index (χ1) is 29.5. The Morgan fingerprint density at radius 3 is 1.68 bits per heavy atom. The zero-order valence-corrected chi connectivity index (χ0v) is 34.9. The molecule has 0 atom stereocenters. The third kappa shape index (κ3) is 5.87. The molecule has 59 heavy (non-hydrogen) atoms. The Bertz CT molecular complexity index is 3640. The Balaban J connectivity index is 0.00000458. The molecule has 11 rings (SSSR count). The molecule has 0 radical (unpaired) electrons.